The van der Waals surface area contributed by atoms with E-state index in [4.69, 9.17) is 23.2 Å². The van der Waals surface area contributed by atoms with E-state index in [1.54, 1.807) is 41.3 Å². The maximum Gasteiger partial charge on any atom is 0.264 e. The molecule has 2 heterocycles. The van der Waals surface area contributed by atoms with Crippen LogP contribution in [0.1, 0.15) is 10.4 Å². The van der Waals surface area contributed by atoms with Gasteiger partial charge in [-0.3, -0.25) is 4.79 Å². The lowest BCUT2D eigenvalue weighted by Crippen LogP contribution is -2.48. The number of aromatic nitrogens is 2. The van der Waals surface area contributed by atoms with Crippen molar-refractivity contribution in [1.82, 2.24) is 14.9 Å². The van der Waals surface area contributed by atoms with E-state index in [1.807, 2.05) is 0 Å². The number of nitrogens with one attached hydrogen (secondary N) is 1. The van der Waals surface area contributed by atoms with Crippen molar-refractivity contribution in [3.63, 3.8) is 0 Å². The summed E-state index contributed by atoms with van der Waals surface area (Å²) in [6.45, 7) is 2.26. The van der Waals surface area contributed by atoms with Crippen LogP contribution in [0.25, 0.3) is 0 Å². The zero-order valence-electron chi connectivity index (χ0n) is 16.8. The topological polar surface area (TPSA) is 95.5 Å². The summed E-state index contributed by atoms with van der Waals surface area (Å²) in [4.78, 5) is 24.5. The Labute approximate surface area is 195 Å². The quantitative estimate of drug-likeness (QED) is 0.586. The van der Waals surface area contributed by atoms with Crippen LogP contribution < -0.4 is 9.62 Å². The number of anilines is 2. The minimum Gasteiger partial charge on any atom is -0.368 e. The molecule has 0 saturated carbocycles. The predicted octanol–water partition coefficient (Wildman–Crippen LogP) is 3.55. The average Bonchev–Trinajstić information content (AvgIpc) is 2.79. The van der Waals surface area contributed by atoms with Crippen molar-refractivity contribution in [2.45, 2.75) is 4.90 Å². The third-order valence-corrected chi connectivity index (χ3v) is 6.92. The van der Waals surface area contributed by atoms with Crippen LogP contribution >= 0.6 is 23.2 Å². The molecule has 8 nitrogen and oxygen atoms in total. The minimum absolute atomic E-state index is 0.0122. The second-order valence-corrected chi connectivity index (χ2v) is 9.60. The van der Waals surface area contributed by atoms with E-state index in [1.165, 1.54) is 24.5 Å². The van der Waals surface area contributed by atoms with E-state index in [0.717, 1.165) is 5.69 Å². The van der Waals surface area contributed by atoms with Crippen molar-refractivity contribution in [3.8, 4) is 0 Å². The van der Waals surface area contributed by atoms with Gasteiger partial charge in [-0.1, -0.05) is 23.2 Å². The highest BCUT2D eigenvalue weighted by molar-refractivity contribution is 7.92. The molecular formula is C21H19Cl2N5O3S. The Hall–Kier alpha value is -2.88. The van der Waals surface area contributed by atoms with Gasteiger partial charge < -0.3 is 9.80 Å². The first-order chi connectivity index (χ1) is 15.3. The van der Waals surface area contributed by atoms with Gasteiger partial charge in [0.15, 0.2) is 0 Å². The van der Waals surface area contributed by atoms with E-state index >= 15 is 0 Å². The first-order valence-corrected chi connectivity index (χ1v) is 12.0. The van der Waals surface area contributed by atoms with Crippen LogP contribution in [0.5, 0.6) is 0 Å². The van der Waals surface area contributed by atoms with Crippen molar-refractivity contribution >= 4 is 50.8 Å². The maximum atomic E-state index is 12.8. The Morgan fingerprint density at radius 1 is 0.938 bits per heavy atom. The fourth-order valence-electron chi connectivity index (χ4n) is 3.37. The summed E-state index contributed by atoms with van der Waals surface area (Å²) >= 11 is 12.1. The molecule has 1 fully saturated rings. The number of hydrogen-bond donors (Lipinski definition) is 1. The van der Waals surface area contributed by atoms with Crippen LogP contribution in [-0.4, -0.2) is 55.4 Å². The normalized spacial score (nSPS) is 14.3. The molecule has 0 atom stereocenters. The largest absolute Gasteiger partial charge is 0.368 e. The summed E-state index contributed by atoms with van der Waals surface area (Å²) in [6.07, 6.45) is 2.92. The molecule has 1 aromatic heterocycles. The molecule has 1 aliphatic heterocycles. The summed E-state index contributed by atoms with van der Waals surface area (Å²) in [7, 11) is -3.79. The van der Waals surface area contributed by atoms with Gasteiger partial charge >= 0.3 is 0 Å². The van der Waals surface area contributed by atoms with Gasteiger partial charge in [-0.2, -0.15) is 0 Å². The highest BCUT2D eigenvalue weighted by atomic mass is 35.5. The third-order valence-electron chi connectivity index (χ3n) is 5.03. The molecule has 3 aromatic rings. The second-order valence-electron chi connectivity index (χ2n) is 7.08. The number of rotatable bonds is 5. The molecule has 32 heavy (non-hydrogen) atoms. The highest BCUT2D eigenvalue weighted by Gasteiger charge is 2.24. The molecule has 166 valence electrons. The number of sulfonamides is 1. The van der Waals surface area contributed by atoms with Crippen LogP contribution in [-0.2, 0) is 10.0 Å². The second kappa shape index (κ2) is 9.32. The van der Waals surface area contributed by atoms with Gasteiger partial charge in [-0.05, 0) is 48.5 Å². The molecule has 11 heteroatoms. The summed E-state index contributed by atoms with van der Waals surface area (Å²) in [5.41, 5.74) is 1.30. The van der Waals surface area contributed by atoms with Gasteiger partial charge in [0.25, 0.3) is 15.9 Å². The maximum absolute atomic E-state index is 12.8. The number of benzene rings is 2. The molecule has 0 bridgehead atoms. The third kappa shape index (κ3) is 4.95. The fraction of sp³-hybridized carbons (Fsp3) is 0.190. The summed E-state index contributed by atoms with van der Waals surface area (Å²) < 4.78 is 27.4. The number of nitrogens with zero attached hydrogens (tertiary/aromatic N) is 4. The van der Waals surface area contributed by atoms with E-state index in [-0.39, 0.29) is 16.8 Å². The SMILES string of the molecule is O=C(c1ccc(Cl)cc1Cl)N1CCN(c2ccc(S(=O)(=O)Nc3ncccn3)cc2)CC1. The molecule has 1 N–H and O–H groups in total. The summed E-state index contributed by atoms with van der Waals surface area (Å²) in [5.74, 6) is -0.125. The number of carbonyl (C=O) groups is 1. The van der Waals surface area contributed by atoms with Gasteiger partial charge in [0.1, 0.15) is 0 Å². The van der Waals surface area contributed by atoms with Crippen LogP contribution in [0, 0.1) is 0 Å². The number of amides is 1. The predicted molar refractivity (Wildman–Crippen MR) is 124 cm³/mol. The van der Waals surface area contributed by atoms with Crippen molar-refractivity contribution < 1.29 is 13.2 Å². The molecule has 0 aliphatic carbocycles. The van der Waals surface area contributed by atoms with E-state index in [2.05, 4.69) is 19.6 Å². The van der Waals surface area contributed by atoms with Crippen LogP contribution in [0.15, 0.2) is 65.8 Å². The van der Waals surface area contributed by atoms with E-state index < -0.39 is 10.0 Å². The lowest BCUT2D eigenvalue weighted by atomic mass is 10.1. The molecule has 4 rings (SSSR count). The number of carbonyl (C=O) groups excluding carboxylic acids is 1. The Morgan fingerprint density at radius 2 is 1.59 bits per heavy atom. The zero-order valence-corrected chi connectivity index (χ0v) is 19.1. The molecule has 1 aliphatic rings. The Bertz CT molecular complexity index is 1220. The lowest BCUT2D eigenvalue weighted by molar-refractivity contribution is 0.0747. The van der Waals surface area contributed by atoms with Gasteiger partial charge in [0.2, 0.25) is 5.95 Å². The number of hydrogen-bond acceptors (Lipinski definition) is 6. The zero-order chi connectivity index (χ0) is 22.7. The van der Waals surface area contributed by atoms with Crippen molar-refractivity contribution in [1.29, 1.82) is 0 Å². The Kier molecular flexibility index (Phi) is 6.50. The van der Waals surface area contributed by atoms with E-state index in [0.29, 0.717) is 41.8 Å². The molecule has 2 aromatic carbocycles. The summed E-state index contributed by atoms with van der Waals surface area (Å²) in [5, 5.41) is 0.810. The summed E-state index contributed by atoms with van der Waals surface area (Å²) in [6, 6.07) is 13.0. The van der Waals surface area contributed by atoms with Crippen LogP contribution in [0.4, 0.5) is 11.6 Å². The van der Waals surface area contributed by atoms with Crippen molar-refractivity contribution in [2.24, 2.45) is 0 Å². The number of piperazine rings is 1. The molecular weight excluding hydrogens is 473 g/mol. The van der Waals surface area contributed by atoms with Gasteiger partial charge in [-0.15, -0.1) is 0 Å². The van der Waals surface area contributed by atoms with Gasteiger partial charge in [-0.25, -0.2) is 23.1 Å². The smallest absolute Gasteiger partial charge is 0.264 e. The monoisotopic (exact) mass is 491 g/mol. The average molecular weight is 492 g/mol. The lowest BCUT2D eigenvalue weighted by Gasteiger charge is -2.36. The number of halogens is 2. The minimum atomic E-state index is -3.79. The van der Waals surface area contributed by atoms with Gasteiger partial charge in [0, 0.05) is 49.3 Å². The highest BCUT2D eigenvalue weighted by Crippen LogP contribution is 2.24. The molecule has 1 amide bonds. The van der Waals surface area contributed by atoms with E-state index in [9.17, 15) is 13.2 Å². The fourth-order valence-corrected chi connectivity index (χ4v) is 4.82. The van der Waals surface area contributed by atoms with Crippen LogP contribution in [0.3, 0.4) is 0 Å². The molecule has 1 saturated heterocycles. The van der Waals surface area contributed by atoms with Crippen LogP contribution in [0.2, 0.25) is 10.0 Å². The first kappa shape index (κ1) is 22.3. The Balaban J connectivity index is 1.39. The molecule has 0 radical (unpaired) electrons. The van der Waals surface area contributed by atoms with Gasteiger partial charge in [0.05, 0.1) is 15.5 Å². The Morgan fingerprint density at radius 3 is 2.22 bits per heavy atom. The first-order valence-electron chi connectivity index (χ1n) is 9.73. The molecule has 0 spiro atoms. The van der Waals surface area contributed by atoms with Crippen molar-refractivity contribution in [2.75, 3.05) is 35.8 Å². The molecule has 0 unspecified atom stereocenters. The standard InChI is InChI=1S/C21H19Cl2N5O3S/c22-15-2-7-18(19(23)14-15)20(29)28-12-10-27(11-13-28)16-3-5-17(6-4-16)32(30,31)26-21-24-8-1-9-25-21/h1-9,14H,10-13H2,(H,24,25,26). The van der Waals surface area contributed by atoms with Crippen molar-refractivity contribution in [3.05, 3.63) is 76.5 Å².